The van der Waals surface area contributed by atoms with Gasteiger partial charge in [0.15, 0.2) is 0 Å². The van der Waals surface area contributed by atoms with Crippen LogP contribution in [0.15, 0.2) is 65.8 Å². The largest absolute Gasteiger partial charge is 0.360 e. The Hall–Kier alpha value is -2.72. The third kappa shape index (κ3) is 2.94. The Morgan fingerprint density at radius 3 is 2.74 bits per heavy atom. The second-order valence-electron chi connectivity index (χ2n) is 5.42. The minimum Gasteiger partial charge on any atom is -0.360 e. The Kier molecular flexibility index (Phi) is 3.52. The zero-order valence-electron chi connectivity index (χ0n) is 12.7. The van der Waals surface area contributed by atoms with Crippen LogP contribution in [0.4, 0.5) is 5.69 Å². The minimum atomic E-state index is 0.931. The first-order valence-corrected chi connectivity index (χ1v) is 8.25. The standard InChI is InChI=1S/C19H15N3S/c1-13-4-9-17-18(11-13)23-19(22-17)14-5-7-15(8-6-14)21-12-16-3-2-10-20-16/h2-12,20H,1H3. The van der Waals surface area contributed by atoms with Crippen LogP contribution in [-0.4, -0.2) is 16.2 Å². The molecule has 4 heteroatoms. The quantitative estimate of drug-likeness (QED) is 0.508. The van der Waals surface area contributed by atoms with E-state index in [9.17, 15) is 0 Å². The molecule has 0 radical (unpaired) electrons. The zero-order valence-corrected chi connectivity index (χ0v) is 13.5. The summed E-state index contributed by atoms with van der Waals surface area (Å²) in [4.78, 5) is 12.3. The molecule has 0 aliphatic heterocycles. The molecule has 2 aromatic carbocycles. The third-order valence-electron chi connectivity index (χ3n) is 3.63. The summed E-state index contributed by atoms with van der Waals surface area (Å²) in [5.41, 5.74) is 5.38. The van der Waals surface area contributed by atoms with Crippen molar-refractivity contribution in [3.05, 3.63) is 72.1 Å². The second-order valence-corrected chi connectivity index (χ2v) is 6.45. The van der Waals surface area contributed by atoms with Gasteiger partial charge in [0.1, 0.15) is 5.01 Å². The van der Waals surface area contributed by atoms with Gasteiger partial charge in [-0.05, 0) is 61.0 Å². The molecule has 4 rings (SSSR count). The zero-order chi connectivity index (χ0) is 15.6. The van der Waals surface area contributed by atoms with Crippen molar-refractivity contribution in [2.24, 2.45) is 4.99 Å². The number of aromatic amines is 1. The van der Waals surface area contributed by atoms with Crippen LogP contribution in [0.5, 0.6) is 0 Å². The number of hydrogen-bond donors (Lipinski definition) is 1. The summed E-state index contributed by atoms with van der Waals surface area (Å²) in [7, 11) is 0. The monoisotopic (exact) mass is 317 g/mol. The van der Waals surface area contributed by atoms with Gasteiger partial charge in [0.05, 0.1) is 27.8 Å². The minimum absolute atomic E-state index is 0.931. The Balaban J connectivity index is 1.61. The fourth-order valence-electron chi connectivity index (χ4n) is 2.41. The topological polar surface area (TPSA) is 41.0 Å². The first-order valence-electron chi connectivity index (χ1n) is 7.43. The van der Waals surface area contributed by atoms with Crippen molar-refractivity contribution in [2.75, 3.05) is 0 Å². The number of nitrogens with one attached hydrogen (secondary N) is 1. The fraction of sp³-hybridized carbons (Fsp3) is 0.0526. The molecule has 0 saturated heterocycles. The van der Waals surface area contributed by atoms with Gasteiger partial charge in [-0.3, -0.25) is 4.99 Å². The summed E-state index contributed by atoms with van der Waals surface area (Å²) >= 11 is 1.73. The van der Waals surface area contributed by atoms with Crippen LogP contribution in [0.1, 0.15) is 11.3 Å². The third-order valence-corrected chi connectivity index (χ3v) is 4.70. The van der Waals surface area contributed by atoms with Gasteiger partial charge >= 0.3 is 0 Å². The van der Waals surface area contributed by atoms with Crippen molar-refractivity contribution in [1.82, 2.24) is 9.97 Å². The Bertz CT molecular complexity index is 964. The van der Waals surface area contributed by atoms with E-state index in [1.807, 2.05) is 36.7 Å². The summed E-state index contributed by atoms with van der Waals surface area (Å²) in [6, 6.07) is 18.5. The fourth-order valence-corrected chi connectivity index (χ4v) is 3.48. The molecule has 0 amide bonds. The molecule has 3 nitrogen and oxygen atoms in total. The molecule has 2 heterocycles. The maximum Gasteiger partial charge on any atom is 0.124 e. The van der Waals surface area contributed by atoms with Crippen molar-refractivity contribution < 1.29 is 0 Å². The Morgan fingerprint density at radius 2 is 1.96 bits per heavy atom. The average molecular weight is 317 g/mol. The molecule has 0 saturated carbocycles. The predicted molar refractivity (Wildman–Crippen MR) is 97.8 cm³/mol. The maximum absolute atomic E-state index is 4.72. The van der Waals surface area contributed by atoms with Crippen molar-refractivity contribution in [3.63, 3.8) is 0 Å². The maximum atomic E-state index is 4.72. The molecule has 0 fully saturated rings. The molecule has 23 heavy (non-hydrogen) atoms. The number of aromatic nitrogens is 2. The molecule has 0 aliphatic carbocycles. The predicted octanol–water partition coefficient (Wildman–Crippen LogP) is 5.35. The van der Waals surface area contributed by atoms with Gasteiger partial charge in [-0.2, -0.15) is 0 Å². The van der Waals surface area contributed by atoms with Crippen LogP contribution < -0.4 is 0 Å². The lowest BCUT2D eigenvalue weighted by molar-refractivity contribution is 1.38. The summed E-state index contributed by atoms with van der Waals surface area (Å²) in [5, 5.41) is 1.05. The molecule has 0 bridgehead atoms. The highest BCUT2D eigenvalue weighted by atomic mass is 32.1. The van der Waals surface area contributed by atoms with E-state index in [0.717, 1.165) is 27.5 Å². The average Bonchev–Trinajstić information content (AvgIpc) is 3.22. The van der Waals surface area contributed by atoms with E-state index >= 15 is 0 Å². The van der Waals surface area contributed by atoms with E-state index in [2.05, 4.69) is 47.2 Å². The number of benzene rings is 2. The molecule has 0 unspecified atom stereocenters. The molecular formula is C19H15N3S. The van der Waals surface area contributed by atoms with Crippen LogP contribution >= 0.6 is 11.3 Å². The normalized spacial score (nSPS) is 11.5. The second kappa shape index (κ2) is 5.82. The first kappa shape index (κ1) is 13.9. The summed E-state index contributed by atoms with van der Waals surface area (Å²) in [6.45, 7) is 2.11. The Morgan fingerprint density at radius 1 is 1.09 bits per heavy atom. The van der Waals surface area contributed by atoms with Crippen LogP contribution in [-0.2, 0) is 0 Å². The summed E-state index contributed by atoms with van der Waals surface area (Å²) in [6.07, 6.45) is 3.72. The first-order chi connectivity index (χ1) is 11.3. The van der Waals surface area contributed by atoms with Crippen molar-refractivity contribution >= 4 is 33.5 Å². The summed E-state index contributed by atoms with van der Waals surface area (Å²) < 4.78 is 1.23. The van der Waals surface area contributed by atoms with E-state index in [0.29, 0.717) is 0 Å². The van der Waals surface area contributed by atoms with Gasteiger partial charge in [0, 0.05) is 11.8 Å². The SMILES string of the molecule is Cc1ccc2nc(-c3ccc(N=Cc4ccc[nH]4)cc3)sc2c1. The number of aliphatic imine (C=N–C) groups is 1. The van der Waals surface area contributed by atoms with Crippen LogP contribution in [0.25, 0.3) is 20.8 Å². The van der Waals surface area contributed by atoms with E-state index in [1.165, 1.54) is 10.3 Å². The smallest absolute Gasteiger partial charge is 0.124 e. The molecule has 0 spiro atoms. The number of fused-ring (bicyclic) bond motifs is 1. The van der Waals surface area contributed by atoms with Gasteiger partial charge in [-0.15, -0.1) is 11.3 Å². The highest BCUT2D eigenvalue weighted by Gasteiger charge is 2.06. The van der Waals surface area contributed by atoms with Crippen molar-refractivity contribution in [3.8, 4) is 10.6 Å². The highest BCUT2D eigenvalue weighted by molar-refractivity contribution is 7.21. The molecule has 4 aromatic rings. The van der Waals surface area contributed by atoms with Crippen molar-refractivity contribution in [1.29, 1.82) is 0 Å². The van der Waals surface area contributed by atoms with Crippen LogP contribution in [0.2, 0.25) is 0 Å². The van der Waals surface area contributed by atoms with Gasteiger partial charge in [-0.25, -0.2) is 4.98 Å². The molecular weight excluding hydrogens is 302 g/mol. The number of aryl methyl sites for hydroxylation is 1. The van der Waals surface area contributed by atoms with Crippen LogP contribution in [0.3, 0.4) is 0 Å². The van der Waals surface area contributed by atoms with E-state index in [4.69, 9.17) is 4.98 Å². The molecule has 0 atom stereocenters. The van der Waals surface area contributed by atoms with Gasteiger partial charge in [-0.1, -0.05) is 6.07 Å². The van der Waals surface area contributed by atoms with Crippen LogP contribution in [0, 0.1) is 6.92 Å². The van der Waals surface area contributed by atoms with Gasteiger partial charge in [0.2, 0.25) is 0 Å². The number of H-pyrrole nitrogens is 1. The van der Waals surface area contributed by atoms with E-state index < -0.39 is 0 Å². The molecule has 2 aromatic heterocycles. The number of hydrogen-bond acceptors (Lipinski definition) is 3. The molecule has 1 N–H and O–H groups in total. The number of nitrogens with zero attached hydrogens (tertiary/aromatic N) is 2. The number of thiazole rings is 1. The highest BCUT2D eigenvalue weighted by Crippen LogP contribution is 2.31. The van der Waals surface area contributed by atoms with Crippen molar-refractivity contribution in [2.45, 2.75) is 6.92 Å². The molecule has 112 valence electrons. The summed E-state index contributed by atoms with van der Waals surface area (Å²) in [5.74, 6) is 0. The lowest BCUT2D eigenvalue weighted by Crippen LogP contribution is -1.79. The van der Waals surface area contributed by atoms with E-state index in [-0.39, 0.29) is 0 Å². The number of rotatable bonds is 3. The molecule has 0 aliphatic rings. The van der Waals surface area contributed by atoms with Gasteiger partial charge < -0.3 is 4.98 Å². The van der Waals surface area contributed by atoms with Gasteiger partial charge in [0.25, 0.3) is 0 Å². The lowest BCUT2D eigenvalue weighted by Gasteiger charge is -1.97. The van der Waals surface area contributed by atoms with E-state index in [1.54, 1.807) is 11.3 Å². The Labute approximate surface area is 138 Å². The lowest BCUT2D eigenvalue weighted by atomic mass is 10.2.